The van der Waals surface area contributed by atoms with Gasteiger partial charge in [-0.15, -0.1) is 0 Å². The average Bonchev–Trinajstić information content (AvgIpc) is 2.26. The Labute approximate surface area is 90.7 Å². The Balaban J connectivity index is 2.67. The van der Waals surface area contributed by atoms with Crippen molar-refractivity contribution in [3.63, 3.8) is 0 Å². The lowest BCUT2D eigenvalue weighted by atomic mass is 10.1. The van der Waals surface area contributed by atoms with Gasteiger partial charge in [0.25, 0.3) is 0 Å². The fraction of sp³-hybridized carbons (Fsp3) is 0.417. The predicted octanol–water partition coefficient (Wildman–Crippen LogP) is 1.92. The van der Waals surface area contributed by atoms with Crippen LogP contribution in [0.15, 0.2) is 24.3 Å². The van der Waals surface area contributed by atoms with E-state index in [0.717, 1.165) is 12.1 Å². The molecule has 3 heteroatoms. The molecular weight excluding hydrogens is 188 g/mol. The van der Waals surface area contributed by atoms with Crippen molar-refractivity contribution < 1.29 is 4.79 Å². The van der Waals surface area contributed by atoms with Gasteiger partial charge in [-0.25, -0.2) is 0 Å². The Hall–Kier alpha value is -1.51. The minimum absolute atomic E-state index is 0.280. The molecule has 1 rings (SSSR count). The van der Waals surface area contributed by atoms with Crippen LogP contribution in [-0.4, -0.2) is 11.9 Å². The number of hydrogen-bond donors (Lipinski definition) is 2. The molecule has 0 aromatic heterocycles. The van der Waals surface area contributed by atoms with Crippen LogP contribution in [0.5, 0.6) is 0 Å². The Bertz CT molecular complexity index is 319. The van der Waals surface area contributed by atoms with Crippen molar-refractivity contribution in [1.82, 2.24) is 0 Å². The summed E-state index contributed by atoms with van der Waals surface area (Å²) in [4.78, 5) is 11.0. The molecule has 1 aromatic rings. The first-order valence-corrected chi connectivity index (χ1v) is 5.32. The molecule has 0 radical (unpaired) electrons. The number of carbonyl (C=O) groups excluding carboxylic acids is 1. The second-order valence-electron chi connectivity index (χ2n) is 3.56. The number of carbonyl (C=O) groups is 1. The van der Waals surface area contributed by atoms with Crippen molar-refractivity contribution in [3.8, 4) is 0 Å². The molecule has 0 saturated carbocycles. The standard InChI is InChI=1S/C12H18N2O/c1-3-9-5-7-10(8-6-9)14-11(4-2)12(13)15/h5-8,11,14H,3-4H2,1-2H3,(H2,13,15). The zero-order chi connectivity index (χ0) is 11.3. The van der Waals surface area contributed by atoms with E-state index in [-0.39, 0.29) is 11.9 Å². The lowest BCUT2D eigenvalue weighted by Gasteiger charge is -2.14. The van der Waals surface area contributed by atoms with E-state index in [2.05, 4.69) is 24.4 Å². The van der Waals surface area contributed by atoms with Crippen LogP contribution in [0.1, 0.15) is 25.8 Å². The molecule has 82 valence electrons. The first-order chi connectivity index (χ1) is 7.17. The third-order valence-electron chi connectivity index (χ3n) is 2.45. The summed E-state index contributed by atoms with van der Waals surface area (Å²) in [6.07, 6.45) is 1.72. The van der Waals surface area contributed by atoms with Gasteiger partial charge in [-0.05, 0) is 30.5 Å². The highest BCUT2D eigenvalue weighted by Gasteiger charge is 2.11. The van der Waals surface area contributed by atoms with E-state index in [9.17, 15) is 4.79 Å². The fourth-order valence-electron chi connectivity index (χ4n) is 1.41. The number of hydrogen-bond acceptors (Lipinski definition) is 2. The van der Waals surface area contributed by atoms with E-state index in [1.807, 2.05) is 19.1 Å². The maximum Gasteiger partial charge on any atom is 0.239 e. The zero-order valence-corrected chi connectivity index (χ0v) is 9.29. The minimum Gasteiger partial charge on any atom is -0.374 e. The molecular formula is C12H18N2O. The van der Waals surface area contributed by atoms with Gasteiger partial charge in [-0.2, -0.15) is 0 Å². The largest absolute Gasteiger partial charge is 0.374 e. The minimum atomic E-state index is -0.308. The summed E-state index contributed by atoms with van der Waals surface area (Å²) < 4.78 is 0. The number of nitrogens with two attached hydrogens (primary N) is 1. The fourth-order valence-corrected chi connectivity index (χ4v) is 1.41. The summed E-state index contributed by atoms with van der Waals surface area (Å²) >= 11 is 0. The van der Waals surface area contributed by atoms with Gasteiger partial charge in [0.1, 0.15) is 6.04 Å². The molecule has 0 aliphatic heterocycles. The van der Waals surface area contributed by atoms with Crippen LogP contribution in [0.3, 0.4) is 0 Å². The van der Waals surface area contributed by atoms with Gasteiger partial charge in [0.05, 0.1) is 0 Å². The van der Waals surface area contributed by atoms with Crippen LogP contribution in [0.2, 0.25) is 0 Å². The Morgan fingerprint density at radius 1 is 1.33 bits per heavy atom. The Morgan fingerprint density at radius 3 is 2.33 bits per heavy atom. The van der Waals surface area contributed by atoms with Crippen LogP contribution >= 0.6 is 0 Å². The van der Waals surface area contributed by atoms with Gasteiger partial charge >= 0.3 is 0 Å². The summed E-state index contributed by atoms with van der Waals surface area (Å²) in [5.41, 5.74) is 7.48. The van der Waals surface area contributed by atoms with Gasteiger partial charge in [-0.3, -0.25) is 4.79 Å². The molecule has 3 N–H and O–H groups in total. The van der Waals surface area contributed by atoms with E-state index in [0.29, 0.717) is 6.42 Å². The smallest absolute Gasteiger partial charge is 0.239 e. The number of rotatable bonds is 5. The topological polar surface area (TPSA) is 55.1 Å². The second kappa shape index (κ2) is 5.39. The van der Waals surface area contributed by atoms with Gasteiger partial charge in [0, 0.05) is 5.69 Å². The molecule has 1 aromatic carbocycles. The number of anilines is 1. The highest BCUT2D eigenvalue weighted by atomic mass is 16.1. The third-order valence-corrected chi connectivity index (χ3v) is 2.45. The molecule has 0 saturated heterocycles. The van der Waals surface area contributed by atoms with Crippen LogP contribution in [-0.2, 0) is 11.2 Å². The molecule has 1 amide bonds. The number of amides is 1. The van der Waals surface area contributed by atoms with Crippen LogP contribution < -0.4 is 11.1 Å². The quantitative estimate of drug-likeness (QED) is 0.773. The molecule has 15 heavy (non-hydrogen) atoms. The summed E-state index contributed by atoms with van der Waals surface area (Å²) in [5.74, 6) is -0.308. The number of primary amides is 1. The molecule has 0 aliphatic carbocycles. The first kappa shape index (κ1) is 11.6. The van der Waals surface area contributed by atoms with E-state index in [1.54, 1.807) is 0 Å². The van der Waals surface area contributed by atoms with E-state index < -0.39 is 0 Å². The molecule has 0 heterocycles. The van der Waals surface area contributed by atoms with Crippen molar-refractivity contribution in [2.75, 3.05) is 5.32 Å². The lowest BCUT2D eigenvalue weighted by molar-refractivity contribution is -0.118. The highest BCUT2D eigenvalue weighted by molar-refractivity contribution is 5.82. The maximum atomic E-state index is 11.0. The molecule has 0 fully saturated rings. The average molecular weight is 206 g/mol. The van der Waals surface area contributed by atoms with Crippen molar-refractivity contribution in [3.05, 3.63) is 29.8 Å². The predicted molar refractivity (Wildman–Crippen MR) is 62.7 cm³/mol. The van der Waals surface area contributed by atoms with Crippen molar-refractivity contribution in [2.45, 2.75) is 32.7 Å². The van der Waals surface area contributed by atoms with E-state index >= 15 is 0 Å². The van der Waals surface area contributed by atoms with Gasteiger partial charge in [0.2, 0.25) is 5.91 Å². The first-order valence-electron chi connectivity index (χ1n) is 5.32. The molecule has 3 nitrogen and oxygen atoms in total. The molecule has 1 unspecified atom stereocenters. The zero-order valence-electron chi connectivity index (χ0n) is 9.29. The summed E-state index contributed by atoms with van der Waals surface area (Å²) in [6.45, 7) is 4.05. The molecule has 0 aliphatic rings. The third kappa shape index (κ3) is 3.27. The normalized spacial score (nSPS) is 12.1. The van der Waals surface area contributed by atoms with Crippen molar-refractivity contribution in [1.29, 1.82) is 0 Å². The summed E-state index contributed by atoms with van der Waals surface area (Å²) in [5, 5.41) is 3.10. The monoisotopic (exact) mass is 206 g/mol. The maximum absolute atomic E-state index is 11.0. The summed E-state index contributed by atoms with van der Waals surface area (Å²) in [6, 6.07) is 7.78. The van der Waals surface area contributed by atoms with E-state index in [1.165, 1.54) is 5.56 Å². The second-order valence-corrected chi connectivity index (χ2v) is 3.56. The van der Waals surface area contributed by atoms with Gasteiger partial charge < -0.3 is 11.1 Å². The van der Waals surface area contributed by atoms with Gasteiger partial charge in [-0.1, -0.05) is 26.0 Å². The Morgan fingerprint density at radius 2 is 1.93 bits per heavy atom. The number of aryl methyl sites for hydroxylation is 1. The van der Waals surface area contributed by atoms with Crippen LogP contribution in [0.25, 0.3) is 0 Å². The molecule has 1 atom stereocenters. The summed E-state index contributed by atoms with van der Waals surface area (Å²) in [7, 11) is 0. The molecule has 0 bridgehead atoms. The highest BCUT2D eigenvalue weighted by Crippen LogP contribution is 2.12. The van der Waals surface area contributed by atoms with E-state index in [4.69, 9.17) is 5.73 Å². The number of nitrogens with one attached hydrogen (secondary N) is 1. The van der Waals surface area contributed by atoms with Gasteiger partial charge in [0.15, 0.2) is 0 Å². The SMILES string of the molecule is CCc1ccc(NC(CC)C(N)=O)cc1. The van der Waals surface area contributed by atoms with Crippen LogP contribution in [0.4, 0.5) is 5.69 Å². The van der Waals surface area contributed by atoms with Crippen LogP contribution in [0, 0.1) is 0 Å². The van der Waals surface area contributed by atoms with Crippen molar-refractivity contribution in [2.24, 2.45) is 5.73 Å². The number of benzene rings is 1. The van der Waals surface area contributed by atoms with Crippen molar-refractivity contribution >= 4 is 11.6 Å². The molecule has 0 spiro atoms. The Kier molecular flexibility index (Phi) is 4.16. The lowest BCUT2D eigenvalue weighted by Crippen LogP contribution is -2.34.